The number of carbonyl (C=O) groups is 2. The van der Waals surface area contributed by atoms with Crippen LogP contribution in [0.5, 0.6) is 0 Å². The fraction of sp³-hybridized carbons (Fsp3) is 0.619. The van der Waals surface area contributed by atoms with Crippen LogP contribution in [-0.2, 0) is 11.3 Å². The van der Waals surface area contributed by atoms with Crippen LogP contribution in [0.3, 0.4) is 0 Å². The first kappa shape index (κ1) is 19.8. The van der Waals surface area contributed by atoms with E-state index in [4.69, 9.17) is 5.11 Å². The second-order valence-corrected chi connectivity index (χ2v) is 7.98. The SMILES string of the molecule is CN(C(=O)O)[C@H](C=O)CCCN[C@@H]1CC[C@H]2CN(Cc3ccccc3)C[C@H]21. The normalized spacial score (nSPS) is 25.9. The molecule has 0 spiro atoms. The second-order valence-electron chi connectivity index (χ2n) is 7.98. The minimum Gasteiger partial charge on any atom is -0.465 e. The number of likely N-dealkylation sites (tertiary alicyclic amines) is 1. The fourth-order valence-electron chi connectivity index (χ4n) is 4.68. The zero-order valence-corrected chi connectivity index (χ0v) is 16.1. The topological polar surface area (TPSA) is 72.9 Å². The molecule has 1 aliphatic carbocycles. The zero-order chi connectivity index (χ0) is 19.2. The fourth-order valence-corrected chi connectivity index (χ4v) is 4.68. The molecule has 1 aromatic carbocycles. The van der Waals surface area contributed by atoms with E-state index in [1.807, 2.05) is 0 Å². The summed E-state index contributed by atoms with van der Waals surface area (Å²) in [5.74, 6) is 1.49. The number of likely N-dealkylation sites (N-methyl/N-ethyl adjacent to an activating group) is 1. The third-order valence-corrected chi connectivity index (χ3v) is 6.22. The van der Waals surface area contributed by atoms with E-state index in [0.29, 0.717) is 18.4 Å². The van der Waals surface area contributed by atoms with Crippen molar-refractivity contribution in [1.29, 1.82) is 0 Å². The molecule has 2 aliphatic rings. The zero-order valence-electron chi connectivity index (χ0n) is 16.1. The number of amides is 1. The standard InChI is InChI=1S/C21H31N3O3/c1-23(21(26)27)18(15-25)8-5-11-22-20-10-9-17-13-24(14-19(17)20)12-16-6-3-2-4-7-16/h2-4,6-7,15,17-20,22H,5,8-14H2,1H3,(H,26,27)/t17-,18-,19+,20+/m0/s1. The Labute approximate surface area is 161 Å². The van der Waals surface area contributed by atoms with Crippen LogP contribution >= 0.6 is 0 Å². The number of fused-ring (bicyclic) bond motifs is 1. The minimum absolute atomic E-state index is 0.544. The first-order chi connectivity index (χ1) is 13.1. The average molecular weight is 373 g/mol. The Morgan fingerprint density at radius 1 is 1.33 bits per heavy atom. The highest BCUT2D eigenvalue weighted by molar-refractivity contribution is 5.71. The van der Waals surface area contributed by atoms with Gasteiger partial charge in [0.1, 0.15) is 6.29 Å². The summed E-state index contributed by atoms with van der Waals surface area (Å²) in [6.45, 7) is 4.21. The van der Waals surface area contributed by atoms with Gasteiger partial charge in [-0.05, 0) is 49.6 Å². The van der Waals surface area contributed by atoms with Crippen molar-refractivity contribution in [3.63, 3.8) is 0 Å². The monoisotopic (exact) mass is 373 g/mol. The molecule has 3 rings (SSSR count). The lowest BCUT2D eigenvalue weighted by Crippen LogP contribution is -2.39. The lowest BCUT2D eigenvalue weighted by Gasteiger charge is -2.23. The molecule has 2 N–H and O–H groups in total. The summed E-state index contributed by atoms with van der Waals surface area (Å²) < 4.78 is 0. The maximum atomic E-state index is 11.1. The molecule has 0 radical (unpaired) electrons. The summed E-state index contributed by atoms with van der Waals surface area (Å²) >= 11 is 0. The van der Waals surface area contributed by atoms with E-state index in [-0.39, 0.29) is 0 Å². The van der Waals surface area contributed by atoms with Gasteiger partial charge in [0, 0.05) is 32.7 Å². The number of carboxylic acid groups (broad SMARTS) is 1. The average Bonchev–Trinajstić information content (AvgIpc) is 3.23. The summed E-state index contributed by atoms with van der Waals surface area (Å²) in [6.07, 6.45) is 3.57. The van der Waals surface area contributed by atoms with Crippen molar-refractivity contribution in [1.82, 2.24) is 15.1 Å². The molecule has 0 bridgehead atoms. The Morgan fingerprint density at radius 3 is 2.81 bits per heavy atom. The van der Waals surface area contributed by atoms with Crippen LogP contribution in [0.25, 0.3) is 0 Å². The van der Waals surface area contributed by atoms with E-state index in [2.05, 4.69) is 40.5 Å². The van der Waals surface area contributed by atoms with Gasteiger partial charge in [-0.2, -0.15) is 0 Å². The van der Waals surface area contributed by atoms with E-state index < -0.39 is 12.1 Å². The molecule has 1 saturated carbocycles. The number of nitrogens with zero attached hydrogens (tertiary/aromatic N) is 2. The van der Waals surface area contributed by atoms with Crippen LogP contribution in [0.2, 0.25) is 0 Å². The van der Waals surface area contributed by atoms with Gasteiger partial charge in [0.25, 0.3) is 0 Å². The molecule has 27 heavy (non-hydrogen) atoms. The van der Waals surface area contributed by atoms with Crippen molar-refractivity contribution in [2.75, 3.05) is 26.7 Å². The number of hydrogen-bond acceptors (Lipinski definition) is 4. The highest BCUT2D eigenvalue weighted by Crippen LogP contribution is 2.38. The van der Waals surface area contributed by atoms with E-state index >= 15 is 0 Å². The summed E-state index contributed by atoms with van der Waals surface area (Å²) in [7, 11) is 1.45. The van der Waals surface area contributed by atoms with Gasteiger partial charge in [-0.1, -0.05) is 30.3 Å². The van der Waals surface area contributed by atoms with Gasteiger partial charge in [0.2, 0.25) is 0 Å². The Morgan fingerprint density at radius 2 is 2.11 bits per heavy atom. The molecule has 6 nitrogen and oxygen atoms in total. The molecule has 1 saturated heterocycles. The van der Waals surface area contributed by atoms with Crippen molar-refractivity contribution in [2.45, 2.75) is 44.3 Å². The van der Waals surface area contributed by atoms with Gasteiger partial charge < -0.3 is 20.1 Å². The first-order valence-electron chi connectivity index (χ1n) is 9.99. The summed E-state index contributed by atoms with van der Waals surface area (Å²) in [4.78, 5) is 25.7. The molecule has 0 unspecified atom stereocenters. The molecule has 1 aromatic rings. The van der Waals surface area contributed by atoms with Gasteiger partial charge in [0.05, 0.1) is 6.04 Å². The Balaban J connectivity index is 1.40. The van der Waals surface area contributed by atoms with E-state index in [0.717, 1.165) is 43.2 Å². The minimum atomic E-state index is -1.05. The number of aldehydes is 1. The number of carbonyl (C=O) groups excluding carboxylic acids is 1. The quantitative estimate of drug-likeness (QED) is 0.514. The molecule has 4 atom stereocenters. The van der Waals surface area contributed by atoms with Crippen LogP contribution in [0, 0.1) is 11.8 Å². The number of nitrogens with one attached hydrogen (secondary N) is 1. The van der Waals surface area contributed by atoms with Gasteiger partial charge in [-0.3, -0.25) is 4.90 Å². The molecule has 1 amide bonds. The lowest BCUT2D eigenvalue weighted by atomic mass is 9.97. The maximum absolute atomic E-state index is 11.1. The van der Waals surface area contributed by atoms with Crippen LogP contribution in [0.4, 0.5) is 4.79 Å². The third kappa shape index (κ3) is 5.08. The number of hydrogen-bond donors (Lipinski definition) is 2. The molecule has 1 heterocycles. The Bertz CT molecular complexity index is 624. The van der Waals surface area contributed by atoms with Crippen molar-refractivity contribution in [2.24, 2.45) is 11.8 Å². The third-order valence-electron chi connectivity index (χ3n) is 6.22. The molecule has 0 aromatic heterocycles. The molecular formula is C21H31N3O3. The first-order valence-corrected chi connectivity index (χ1v) is 9.99. The van der Waals surface area contributed by atoms with Gasteiger partial charge in [-0.15, -0.1) is 0 Å². The van der Waals surface area contributed by atoms with Gasteiger partial charge in [0.15, 0.2) is 0 Å². The van der Waals surface area contributed by atoms with Gasteiger partial charge in [-0.25, -0.2) is 4.79 Å². The Hall–Kier alpha value is -1.92. The summed E-state index contributed by atoms with van der Waals surface area (Å²) in [6, 6.07) is 10.7. The van der Waals surface area contributed by atoms with Crippen molar-refractivity contribution in [3.05, 3.63) is 35.9 Å². The smallest absolute Gasteiger partial charge is 0.407 e. The van der Waals surface area contributed by atoms with Crippen molar-refractivity contribution < 1.29 is 14.7 Å². The highest BCUT2D eigenvalue weighted by Gasteiger charge is 2.42. The largest absolute Gasteiger partial charge is 0.465 e. The van der Waals surface area contributed by atoms with E-state index in [9.17, 15) is 9.59 Å². The van der Waals surface area contributed by atoms with Gasteiger partial charge >= 0.3 is 6.09 Å². The predicted molar refractivity (Wildman–Crippen MR) is 105 cm³/mol. The predicted octanol–water partition coefficient (Wildman–Crippen LogP) is 2.44. The van der Waals surface area contributed by atoms with E-state index in [1.165, 1.54) is 32.0 Å². The molecule has 6 heteroatoms. The number of benzene rings is 1. The van der Waals surface area contributed by atoms with Crippen LogP contribution < -0.4 is 5.32 Å². The second kappa shape index (κ2) is 9.33. The van der Waals surface area contributed by atoms with Crippen LogP contribution in [0.1, 0.15) is 31.2 Å². The molecular weight excluding hydrogens is 342 g/mol. The summed E-state index contributed by atoms with van der Waals surface area (Å²) in [5, 5.41) is 12.7. The molecule has 148 valence electrons. The number of rotatable bonds is 9. The molecule has 2 fully saturated rings. The van der Waals surface area contributed by atoms with Crippen molar-refractivity contribution in [3.8, 4) is 0 Å². The summed E-state index contributed by atoms with van der Waals surface area (Å²) in [5.41, 5.74) is 1.38. The van der Waals surface area contributed by atoms with Crippen LogP contribution in [-0.4, -0.2) is 66.1 Å². The highest BCUT2D eigenvalue weighted by atomic mass is 16.4. The van der Waals surface area contributed by atoms with Crippen LogP contribution in [0.15, 0.2) is 30.3 Å². The molecule has 1 aliphatic heterocycles. The lowest BCUT2D eigenvalue weighted by molar-refractivity contribution is -0.111. The maximum Gasteiger partial charge on any atom is 0.407 e. The van der Waals surface area contributed by atoms with Crippen molar-refractivity contribution >= 4 is 12.4 Å². The van der Waals surface area contributed by atoms with E-state index in [1.54, 1.807) is 0 Å². The Kier molecular flexibility index (Phi) is 6.85.